The van der Waals surface area contributed by atoms with Crippen molar-refractivity contribution in [1.82, 2.24) is 4.90 Å². The molecule has 0 heterocycles. The minimum atomic E-state index is 0.200. The van der Waals surface area contributed by atoms with E-state index in [9.17, 15) is 0 Å². The first-order valence-electron chi connectivity index (χ1n) is 4.44. The topological polar surface area (TPSA) is 23.5 Å². The van der Waals surface area contributed by atoms with Gasteiger partial charge in [-0.1, -0.05) is 19.6 Å². The van der Waals surface area contributed by atoms with Gasteiger partial charge in [0.2, 0.25) is 0 Å². The van der Waals surface area contributed by atoms with Crippen LogP contribution in [0.4, 0.5) is 0 Å². The van der Waals surface area contributed by atoms with Crippen LogP contribution in [0.5, 0.6) is 0 Å². The van der Waals surface area contributed by atoms with Crippen molar-refractivity contribution in [3.05, 3.63) is 24.4 Å². The first-order valence-corrected chi connectivity index (χ1v) is 4.44. The third-order valence-electron chi connectivity index (χ3n) is 1.73. The minimum absolute atomic E-state index is 0.200. The Kier molecular flexibility index (Phi) is 6.48. The van der Waals surface area contributed by atoms with Crippen LogP contribution < -0.4 is 0 Å². The lowest BCUT2D eigenvalue weighted by Crippen LogP contribution is -2.26. The Morgan fingerprint density at radius 2 is 2.17 bits per heavy atom. The molecule has 0 saturated heterocycles. The molecular formula is C10H19NO. The van der Waals surface area contributed by atoms with E-state index in [1.54, 1.807) is 0 Å². The van der Waals surface area contributed by atoms with E-state index in [1.807, 2.05) is 19.1 Å². The predicted molar refractivity (Wildman–Crippen MR) is 52.9 cm³/mol. The Morgan fingerprint density at radius 3 is 2.50 bits per heavy atom. The van der Waals surface area contributed by atoms with Crippen LogP contribution in [0.1, 0.15) is 20.3 Å². The summed E-state index contributed by atoms with van der Waals surface area (Å²) in [6.07, 6.45) is 4.93. The smallest absolute Gasteiger partial charge is 0.0606 e. The molecule has 0 aromatic rings. The molecule has 0 bridgehead atoms. The fraction of sp³-hybridized carbons (Fsp3) is 0.600. The Morgan fingerprint density at radius 1 is 1.50 bits per heavy atom. The van der Waals surface area contributed by atoms with Crippen molar-refractivity contribution in [2.45, 2.75) is 20.3 Å². The zero-order valence-corrected chi connectivity index (χ0v) is 8.08. The van der Waals surface area contributed by atoms with Crippen LogP contribution in [0.3, 0.4) is 0 Å². The molecule has 0 aromatic heterocycles. The fourth-order valence-electron chi connectivity index (χ4n) is 1.19. The average Bonchev–Trinajstić information content (AvgIpc) is 2.07. The van der Waals surface area contributed by atoms with Crippen LogP contribution in [-0.2, 0) is 0 Å². The molecule has 0 unspecified atom stereocenters. The Hall–Kier alpha value is -0.760. The van der Waals surface area contributed by atoms with Crippen molar-refractivity contribution in [3.8, 4) is 0 Å². The van der Waals surface area contributed by atoms with Crippen LogP contribution in [0.2, 0.25) is 0 Å². The largest absolute Gasteiger partial charge is 0.395 e. The van der Waals surface area contributed by atoms with E-state index in [4.69, 9.17) is 5.11 Å². The number of hydrogen-bond acceptors (Lipinski definition) is 2. The molecule has 0 aliphatic rings. The zero-order chi connectivity index (χ0) is 9.40. The highest BCUT2D eigenvalue weighted by Gasteiger charge is 2.02. The van der Waals surface area contributed by atoms with Crippen molar-refractivity contribution in [3.63, 3.8) is 0 Å². The molecule has 0 saturated carbocycles. The quantitative estimate of drug-likeness (QED) is 0.613. The molecule has 1 N–H and O–H groups in total. The number of aliphatic hydroxyl groups is 1. The highest BCUT2D eigenvalue weighted by molar-refractivity contribution is 5.13. The third kappa shape index (κ3) is 3.58. The summed E-state index contributed by atoms with van der Waals surface area (Å²) in [5.74, 6) is 0. The molecule has 2 nitrogen and oxygen atoms in total. The number of rotatable bonds is 6. The van der Waals surface area contributed by atoms with Crippen LogP contribution in [0.15, 0.2) is 24.4 Å². The van der Waals surface area contributed by atoms with Gasteiger partial charge in [-0.3, -0.25) is 0 Å². The first kappa shape index (κ1) is 11.2. The van der Waals surface area contributed by atoms with Crippen LogP contribution in [-0.4, -0.2) is 29.7 Å². The van der Waals surface area contributed by atoms with E-state index in [0.717, 1.165) is 18.7 Å². The molecule has 0 aliphatic heterocycles. The molecule has 2 heteroatoms. The van der Waals surface area contributed by atoms with Gasteiger partial charge >= 0.3 is 0 Å². The summed E-state index contributed by atoms with van der Waals surface area (Å²) in [5, 5.41) is 8.80. The first-order chi connectivity index (χ1) is 5.79. The van der Waals surface area contributed by atoms with Crippen molar-refractivity contribution in [2.75, 3.05) is 19.7 Å². The van der Waals surface area contributed by atoms with Crippen LogP contribution in [0, 0.1) is 0 Å². The van der Waals surface area contributed by atoms with E-state index < -0.39 is 0 Å². The summed E-state index contributed by atoms with van der Waals surface area (Å²) in [6.45, 7) is 9.71. The SMILES string of the molecule is C=CC(=CC)N(CCC)CCO. The summed E-state index contributed by atoms with van der Waals surface area (Å²) < 4.78 is 0. The average molecular weight is 169 g/mol. The summed E-state index contributed by atoms with van der Waals surface area (Å²) in [4.78, 5) is 2.13. The van der Waals surface area contributed by atoms with E-state index in [-0.39, 0.29) is 6.61 Å². The predicted octanol–water partition coefficient (Wildman–Crippen LogP) is 1.78. The number of aliphatic hydroxyl groups excluding tert-OH is 1. The van der Waals surface area contributed by atoms with Crippen molar-refractivity contribution < 1.29 is 5.11 Å². The highest BCUT2D eigenvalue weighted by atomic mass is 16.3. The molecule has 70 valence electrons. The monoisotopic (exact) mass is 169 g/mol. The lowest BCUT2D eigenvalue weighted by molar-refractivity contribution is 0.229. The van der Waals surface area contributed by atoms with Crippen molar-refractivity contribution in [1.29, 1.82) is 0 Å². The number of hydrogen-bond donors (Lipinski definition) is 1. The van der Waals surface area contributed by atoms with E-state index in [0.29, 0.717) is 6.54 Å². The second-order valence-electron chi connectivity index (χ2n) is 2.63. The maximum atomic E-state index is 8.80. The van der Waals surface area contributed by atoms with E-state index >= 15 is 0 Å². The van der Waals surface area contributed by atoms with Gasteiger partial charge in [-0.25, -0.2) is 0 Å². The second kappa shape index (κ2) is 6.92. The summed E-state index contributed by atoms with van der Waals surface area (Å²) in [6, 6.07) is 0. The van der Waals surface area contributed by atoms with E-state index in [2.05, 4.69) is 18.4 Å². The molecule has 0 radical (unpaired) electrons. The van der Waals surface area contributed by atoms with Gasteiger partial charge in [-0.2, -0.15) is 0 Å². The summed E-state index contributed by atoms with van der Waals surface area (Å²) >= 11 is 0. The van der Waals surface area contributed by atoms with Crippen LogP contribution >= 0.6 is 0 Å². The molecule has 0 atom stereocenters. The molecular weight excluding hydrogens is 150 g/mol. The molecule has 12 heavy (non-hydrogen) atoms. The van der Waals surface area contributed by atoms with E-state index in [1.165, 1.54) is 0 Å². The summed E-state index contributed by atoms with van der Waals surface area (Å²) in [7, 11) is 0. The lowest BCUT2D eigenvalue weighted by atomic mass is 10.3. The number of nitrogens with zero attached hydrogens (tertiary/aromatic N) is 1. The summed E-state index contributed by atoms with van der Waals surface area (Å²) in [5.41, 5.74) is 1.10. The van der Waals surface area contributed by atoms with Gasteiger partial charge in [0.1, 0.15) is 0 Å². The van der Waals surface area contributed by atoms with Crippen molar-refractivity contribution in [2.24, 2.45) is 0 Å². The fourth-order valence-corrected chi connectivity index (χ4v) is 1.19. The Labute approximate surface area is 75.2 Å². The zero-order valence-electron chi connectivity index (χ0n) is 8.08. The van der Waals surface area contributed by atoms with Crippen LogP contribution in [0.25, 0.3) is 0 Å². The third-order valence-corrected chi connectivity index (χ3v) is 1.73. The molecule has 0 fully saturated rings. The Balaban J connectivity index is 4.15. The molecule has 0 rings (SSSR count). The van der Waals surface area contributed by atoms with Gasteiger partial charge in [-0.15, -0.1) is 0 Å². The maximum absolute atomic E-state index is 8.80. The lowest BCUT2D eigenvalue weighted by Gasteiger charge is -2.23. The van der Waals surface area contributed by atoms with Gasteiger partial charge in [0.05, 0.1) is 6.61 Å². The molecule has 0 aliphatic carbocycles. The molecule has 0 spiro atoms. The van der Waals surface area contributed by atoms with Crippen molar-refractivity contribution >= 4 is 0 Å². The van der Waals surface area contributed by atoms with Gasteiger partial charge in [0.15, 0.2) is 0 Å². The molecule has 0 aromatic carbocycles. The Bertz CT molecular complexity index is 146. The number of allylic oxidation sites excluding steroid dienone is 2. The second-order valence-corrected chi connectivity index (χ2v) is 2.63. The highest BCUT2D eigenvalue weighted by Crippen LogP contribution is 2.05. The standard InChI is InChI=1S/C10H19NO/c1-4-7-11(8-9-12)10(5-2)6-3/h5-6,12H,2,4,7-9H2,1,3H3. The van der Waals surface area contributed by atoms with Gasteiger partial charge in [0, 0.05) is 18.8 Å². The normalized spacial score (nSPS) is 11.4. The minimum Gasteiger partial charge on any atom is -0.395 e. The van der Waals surface area contributed by atoms with Gasteiger partial charge < -0.3 is 10.0 Å². The van der Waals surface area contributed by atoms with Gasteiger partial charge in [-0.05, 0) is 19.4 Å². The maximum Gasteiger partial charge on any atom is 0.0606 e. The molecule has 0 amide bonds. The van der Waals surface area contributed by atoms with Gasteiger partial charge in [0.25, 0.3) is 0 Å².